The highest BCUT2D eigenvalue weighted by Crippen LogP contribution is 1.91. The van der Waals surface area contributed by atoms with E-state index in [-0.39, 0.29) is 5.97 Å². The lowest BCUT2D eigenvalue weighted by atomic mass is 10.4. The maximum absolute atomic E-state index is 10.8. The maximum Gasteiger partial charge on any atom is 0.333 e. The van der Waals surface area contributed by atoms with Crippen LogP contribution in [0.1, 0.15) is 6.92 Å². The van der Waals surface area contributed by atoms with Crippen molar-refractivity contribution in [3.63, 3.8) is 0 Å². The third-order valence-electron chi connectivity index (χ3n) is 1.49. The number of methoxy groups -OCH3 is 1. The summed E-state index contributed by atoms with van der Waals surface area (Å²) in [6.45, 7) is 9.44. The van der Waals surface area contributed by atoms with Crippen LogP contribution in [0.5, 0.6) is 0 Å². The predicted molar refractivity (Wildman–Crippen MR) is 66.5 cm³/mol. The molecule has 5 nitrogen and oxygen atoms in total. The van der Waals surface area contributed by atoms with E-state index in [2.05, 4.69) is 17.9 Å². The van der Waals surface area contributed by atoms with Gasteiger partial charge in [-0.2, -0.15) is 0 Å². The topological polar surface area (TPSA) is 55.8 Å². The van der Waals surface area contributed by atoms with E-state index in [9.17, 15) is 9.59 Å². The molecule has 0 saturated heterocycles. The Morgan fingerprint density at radius 3 is 2.12 bits per heavy atom. The highest BCUT2D eigenvalue weighted by atomic mass is 16.5. The van der Waals surface area contributed by atoms with E-state index in [1.165, 1.54) is 7.11 Å². The molecule has 0 aliphatic carbocycles. The van der Waals surface area contributed by atoms with Crippen LogP contribution < -0.4 is 0 Å². The minimum Gasteiger partial charge on any atom is -0.466 e. The Labute approximate surface area is 103 Å². The molecule has 0 atom stereocenters. The highest BCUT2D eigenvalue weighted by molar-refractivity contribution is 5.86. The third kappa shape index (κ3) is 14.4. The SMILES string of the molecule is C=C(C)C(=O)OCCN(C)C.C=CC(=O)OC. The van der Waals surface area contributed by atoms with Crippen LogP contribution in [0.2, 0.25) is 0 Å². The molecule has 0 saturated carbocycles. The fourth-order valence-electron chi connectivity index (χ4n) is 0.527. The second-order valence-corrected chi connectivity index (χ2v) is 3.45. The number of ether oxygens (including phenoxy) is 2. The van der Waals surface area contributed by atoms with Crippen LogP contribution in [0.3, 0.4) is 0 Å². The van der Waals surface area contributed by atoms with Crippen LogP contribution in [0, 0.1) is 0 Å². The molecule has 0 N–H and O–H groups in total. The molecule has 0 aromatic rings. The largest absolute Gasteiger partial charge is 0.466 e. The Kier molecular flexibility index (Phi) is 11.4. The molecule has 0 bridgehead atoms. The van der Waals surface area contributed by atoms with E-state index >= 15 is 0 Å². The van der Waals surface area contributed by atoms with Gasteiger partial charge in [-0.15, -0.1) is 0 Å². The fourth-order valence-corrected chi connectivity index (χ4v) is 0.527. The molecule has 0 heterocycles. The van der Waals surface area contributed by atoms with E-state index in [0.29, 0.717) is 12.2 Å². The van der Waals surface area contributed by atoms with Gasteiger partial charge < -0.3 is 14.4 Å². The van der Waals surface area contributed by atoms with Crippen LogP contribution in [0.15, 0.2) is 24.8 Å². The van der Waals surface area contributed by atoms with E-state index in [1.807, 2.05) is 19.0 Å². The molecule has 0 aromatic carbocycles. The van der Waals surface area contributed by atoms with Crippen molar-refractivity contribution in [1.29, 1.82) is 0 Å². The van der Waals surface area contributed by atoms with E-state index in [4.69, 9.17) is 4.74 Å². The summed E-state index contributed by atoms with van der Waals surface area (Å²) >= 11 is 0. The smallest absolute Gasteiger partial charge is 0.333 e. The van der Waals surface area contributed by atoms with Gasteiger partial charge in [-0.05, 0) is 21.0 Å². The molecule has 0 aromatic heterocycles. The van der Waals surface area contributed by atoms with Gasteiger partial charge in [0.05, 0.1) is 7.11 Å². The average Bonchev–Trinajstić information content (AvgIpc) is 2.28. The van der Waals surface area contributed by atoms with Crippen LogP contribution >= 0.6 is 0 Å². The van der Waals surface area contributed by atoms with Gasteiger partial charge in [0.25, 0.3) is 0 Å². The van der Waals surface area contributed by atoms with Gasteiger partial charge in [-0.3, -0.25) is 0 Å². The van der Waals surface area contributed by atoms with Gasteiger partial charge in [-0.25, -0.2) is 9.59 Å². The first kappa shape index (κ1) is 17.8. The van der Waals surface area contributed by atoms with Crippen molar-refractivity contribution in [3.8, 4) is 0 Å². The Morgan fingerprint density at radius 1 is 1.35 bits per heavy atom. The van der Waals surface area contributed by atoms with Crippen molar-refractivity contribution < 1.29 is 19.1 Å². The number of nitrogens with zero attached hydrogens (tertiary/aromatic N) is 1. The number of rotatable bonds is 5. The molecule has 0 amide bonds. The Hall–Kier alpha value is -1.62. The first-order chi connectivity index (χ1) is 7.84. The first-order valence-corrected chi connectivity index (χ1v) is 5.02. The highest BCUT2D eigenvalue weighted by Gasteiger charge is 2.01. The molecular weight excluding hydrogens is 222 g/mol. The lowest BCUT2D eigenvalue weighted by molar-refractivity contribution is -0.139. The van der Waals surface area contributed by atoms with Crippen LogP contribution in [0.25, 0.3) is 0 Å². The zero-order valence-electron chi connectivity index (χ0n) is 11.0. The summed E-state index contributed by atoms with van der Waals surface area (Å²) in [6, 6.07) is 0. The zero-order chi connectivity index (χ0) is 13.8. The molecular formula is C12H21NO4. The second-order valence-electron chi connectivity index (χ2n) is 3.45. The first-order valence-electron chi connectivity index (χ1n) is 5.02. The summed E-state index contributed by atoms with van der Waals surface area (Å²) in [6.07, 6.45) is 1.11. The summed E-state index contributed by atoms with van der Waals surface area (Å²) in [4.78, 5) is 22.6. The van der Waals surface area contributed by atoms with Crippen molar-refractivity contribution in [2.75, 3.05) is 34.4 Å². The number of carbonyl (C=O) groups is 2. The second kappa shape index (κ2) is 10.9. The zero-order valence-corrected chi connectivity index (χ0v) is 11.0. The molecule has 0 spiro atoms. The van der Waals surface area contributed by atoms with Gasteiger partial charge in [-0.1, -0.05) is 13.2 Å². The van der Waals surface area contributed by atoms with Gasteiger partial charge in [0, 0.05) is 18.2 Å². The van der Waals surface area contributed by atoms with Crippen LogP contribution in [-0.2, 0) is 19.1 Å². The quantitative estimate of drug-likeness (QED) is 0.533. The van der Waals surface area contributed by atoms with Gasteiger partial charge in [0.1, 0.15) is 6.61 Å². The lowest BCUT2D eigenvalue weighted by Crippen LogP contribution is -2.20. The number of likely N-dealkylation sites (N-methyl/N-ethyl adjacent to an activating group) is 1. The van der Waals surface area contributed by atoms with Crippen molar-refractivity contribution in [3.05, 3.63) is 24.8 Å². The molecule has 5 heteroatoms. The minimum atomic E-state index is -0.394. The molecule has 17 heavy (non-hydrogen) atoms. The molecule has 0 unspecified atom stereocenters. The summed E-state index contributed by atoms with van der Waals surface area (Å²) < 4.78 is 8.98. The molecule has 0 fully saturated rings. The van der Waals surface area contributed by atoms with E-state index in [1.54, 1.807) is 6.92 Å². The maximum atomic E-state index is 10.8. The lowest BCUT2D eigenvalue weighted by Gasteiger charge is -2.09. The summed E-state index contributed by atoms with van der Waals surface area (Å²) in [5.41, 5.74) is 0.448. The Morgan fingerprint density at radius 2 is 1.88 bits per heavy atom. The van der Waals surface area contributed by atoms with Gasteiger partial charge in [0.15, 0.2) is 0 Å². The standard InChI is InChI=1S/C8H15NO2.C4H6O2/c1-7(2)8(10)11-6-5-9(3)4;1-3-4(5)6-2/h1,5-6H2,2-4H3;3H,1H2,2H3. The van der Waals surface area contributed by atoms with E-state index in [0.717, 1.165) is 12.6 Å². The number of carbonyl (C=O) groups excluding carboxylic acids is 2. The monoisotopic (exact) mass is 243 g/mol. The van der Waals surface area contributed by atoms with E-state index < -0.39 is 5.97 Å². The van der Waals surface area contributed by atoms with Crippen molar-refractivity contribution in [2.45, 2.75) is 6.92 Å². The van der Waals surface area contributed by atoms with Gasteiger partial charge >= 0.3 is 11.9 Å². The number of hydrogen-bond donors (Lipinski definition) is 0. The molecule has 98 valence electrons. The minimum absolute atomic E-state index is 0.313. The molecule has 0 rings (SSSR count). The van der Waals surface area contributed by atoms with Crippen LogP contribution in [0.4, 0.5) is 0 Å². The Bertz CT molecular complexity index is 272. The third-order valence-corrected chi connectivity index (χ3v) is 1.49. The normalized spacial score (nSPS) is 8.76. The van der Waals surface area contributed by atoms with Gasteiger partial charge in [0.2, 0.25) is 0 Å². The predicted octanol–water partition coefficient (Wildman–Crippen LogP) is 1.01. The number of hydrogen-bond acceptors (Lipinski definition) is 5. The van der Waals surface area contributed by atoms with Crippen molar-refractivity contribution in [2.24, 2.45) is 0 Å². The molecule has 0 radical (unpaired) electrons. The molecule has 0 aliphatic rings. The average molecular weight is 243 g/mol. The summed E-state index contributed by atoms with van der Waals surface area (Å²) in [7, 11) is 5.16. The fraction of sp³-hybridized carbons (Fsp3) is 0.500. The summed E-state index contributed by atoms with van der Waals surface area (Å²) in [5.74, 6) is -0.707. The molecule has 0 aliphatic heterocycles. The van der Waals surface area contributed by atoms with Crippen molar-refractivity contribution >= 4 is 11.9 Å². The van der Waals surface area contributed by atoms with Crippen molar-refractivity contribution in [1.82, 2.24) is 4.90 Å². The Balaban J connectivity index is 0. The summed E-state index contributed by atoms with van der Waals surface area (Å²) in [5, 5.41) is 0. The number of esters is 2. The van der Waals surface area contributed by atoms with Crippen LogP contribution in [-0.4, -0.2) is 51.2 Å².